The summed E-state index contributed by atoms with van der Waals surface area (Å²) in [6.07, 6.45) is 3.24. The van der Waals surface area contributed by atoms with E-state index in [0.717, 1.165) is 22.3 Å². The molecule has 9 heteroatoms. The number of hydrogen-bond acceptors (Lipinski definition) is 4. The molecular weight excluding hydrogens is 446 g/mol. The van der Waals surface area contributed by atoms with E-state index in [2.05, 4.69) is 5.32 Å². The number of hydrogen-bond donors (Lipinski definition) is 3. The van der Waals surface area contributed by atoms with Gasteiger partial charge in [0.25, 0.3) is 0 Å². The number of carboxylic acids is 1. The summed E-state index contributed by atoms with van der Waals surface area (Å²) in [4.78, 5) is 35.2. The van der Waals surface area contributed by atoms with Crippen LogP contribution < -0.4 is 10.6 Å². The van der Waals surface area contributed by atoms with Crippen molar-refractivity contribution in [3.8, 4) is 11.1 Å². The lowest BCUT2D eigenvalue weighted by Gasteiger charge is -2.25. The van der Waals surface area contributed by atoms with E-state index < -0.39 is 42.4 Å². The molecule has 3 N–H and O–H groups in total. The molecule has 34 heavy (non-hydrogen) atoms. The van der Waals surface area contributed by atoms with Crippen LogP contribution in [0.2, 0.25) is 0 Å². The second-order valence-electron chi connectivity index (χ2n) is 8.40. The highest BCUT2D eigenvalue weighted by Gasteiger charge is 2.40. The van der Waals surface area contributed by atoms with Crippen molar-refractivity contribution in [3.05, 3.63) is 71.8 Å². The number of alkyl halides is 2. The lowest BCUT2D eigenvalue weighted by molar-refractivity contribution is -0.164. The molecule has 2 aliphatic carbocycles. The number of amides is 2. The number of ether oxygens (including phenoxy) is 1. The third-order valence-corrected chi connectivity index (χ3v) is 6.14. The first-order valence-electron chi connectivity index (χ1n) is 10.9. The van der Waals surface area contributed by atoms with E-state index in [4.69, 9.17) is 9.84 Å². The summed E-state index contributed by atoms with van der Waals surface area (Å²) in [7, 11) is 0. The quantitative estimate of drug-likeness (QED) is 0.536. The highest BCUT2D eigenvalue weighted by molar-refractivity contribution is 5.82. The van der Waals surface area contributed by atoms with Crippen molar-refractivity contribution in [2.45, 2.75) is 30.7 Å². The summed E-state index contributed by atoms with van der Waals surface area (Å²) in [6.45, 7) is -1.14. The average molecular weight is 470 g/mol. The maximum Gasteiger partial charge on any atom is 0.407 e. The molecule has 178 valence electrons. The number of benzene rings is 2. The number of carbonyl (C=O) groups excluding carboxylic acids is 2. The Balaban J connectivity index is 1.31. The van der Waals surface area contributed by atoms with Crippen molar-refractivity contribution in [3.63, 3.8) is 0 Å². The van der Waals surface area contributed by atoms with Gasteiger partial charge in [-0.1, -0.05) is 60.7 Å². The van der Waals surface area contributed by atoms with Crippen LogP contribution in [0, 0.1) is 5.92 Å². The number of fused-ring (bicyclic) bond motifs is 3. The molecule has 0 bridgehead atoms. The molecule has 0 spiro atoms. The van der Waals surface area contributed by atoms with E-state index >= 15 is 0 Å². The van der Waals surface area contributed by atoms with Gasteiger partial charge in [-0.25, -0.2) is 9.59 Å². The maximum atomic E-state index is 13.2. The van der Waals surface area contributed by atoms with Crippen molar-refractivity contribution in [2.75, 3.05) is 13.2 Å². The first-order valence-corrected chi connectivity index (χ1v) is 10.9. The fourth-order valence-corrected chi connectivity index (χ4v) is 4.42. The van der Waals surface area contributed by atoms with E-state index in [1.165, 1.54) is 0 Å². The Morgan fingerprint density at radius 3 is 2.26 bits per heavy atom. The molecule has 2 atom stereocenters. The Kier molecular flexibility index (Phi) is 6.63. The van der Waals surface area contributed by atoms with Crippen molar-refractivity contribution in [1.29, 1.82) is 0 Å². The largest absolute Gasteiger partial charge is 0.477 e. The van der Waals surface area contributed by atoms with Crippen LogP contribution in [0.4, 0.5) is 13.6 Å². The first-order chi connectivity index (χ1) is 16.3. The first kappa shape index (κ1) is 23.4. The summed E-state index contributed by atoms with van der Waals surface area (Å²) in [6, 6.07) is 15.4. The monoisotopic (exact) mass is 470 g/mol. The van der Waals surface area contributed by atoms with Crippen LogP contribution in [-0.4, -0.2) is 48.2 Å². The van der Waals surface area contributed by atoms with E-state index in [1.807, 2.05) is 53.8 Å². The topological polar surface area (TPSA) is 105 Å². The van der Waals surface area contributed by atoms with Crippen LogP contribution in [0.25, 0.3) is 11.1 Å². The predicted octanol–water partition coefficient (Wildman–Crippen LogP) is 3.70. The average Bonchev–Trinajstić information content (AvgIpc) is 3.15. The van der Waals surface area contributed by atoms with E-state index in [1.54, 1.807) is 12.2 Å². The standard InChI is InChI=1S/C25H24F2N2O5/c26-25(27,23(31)32)14-28-22(30)15-6-5-7-16(12-15)29-24(33)34-13-21-19-10-3-1-8-17(19)18-9-2-4-11-20(18)21/h1-5,7-11,15-16,21H,6,12-14H2,(H,28,30)(H,29,33)(H,31,32). The van der Waals surface area contributed by atoms with Gasteiger partial charge in [-0.05, 0) is 35.1 Å². The molecule has 2 aliphatic rings. The zero-order chi connectivity index (χ0) is 24.3. The number of rotatable bonds is 7. The Morgan fingerprint density at radius 2 is 1.65 bits per heavy atom. The molecule has 4 rings (SSSR count). The van der Waals surface area contributed by atoms with Crippen LogP contribution in [0.15, 0.2) is 60.7 Å². The Bertz CT molecular complexity index is 1090. The van der Waals surface area contributed by atoms with Gasteiger partial charge in [-0.15, -0.1) is 0 Å². The maximum absolute atomic E-state index is 13.2. The van der Waals surface area contributed by atoms with Gasteiger partial charge in [-0.3, -0.25) is 4.79 Å². The SMILES string of the molecule is O=C(NC1C=CCC(C(=O)NCC(F)(F)C(=O)O)C1)OCC1c2ccccc2-c2ccccc21. The van der Waals surface area contributed by atoms with Gasteiger partial charge >= 0.3 is 18.0 Å². The number of carbonyl (C=O) groups is 3. The summed E-state index contributed by atoms with van der Waals surface area (Å²) >= 11 is 0. The number of nitrogens with one attached hydrogen (secondary N) is 2. The lowest BCUT2D eigenvalue weighted by Crippen LogP contribution is -2.46. The Morgan fingerprint density at radius 1 is 1.03 bits per heavy atom. The van der Waals surface area contributed by atoms with Gasteiger partial charge in [0.15, 0.2) is 0 Å². The Hall–Kier alpha value is -3.75. The van der Waals surface area contributed by atoms with Crippen LogP contribution >= 0.6 is 0 Å². The smallest absolute Gasteiger partial charge is 0.407 e. The molecule has 0 saturated carbocycles. The third-order valence-electron chi connectivity index (χ3n) is 6.14. The van der Waals surface area contributed by atoms with Crippen LogP contribution in [0.1, 0.15) is 29.9 Å². The fourth-order valence-electron chi connectivity index (χ4n) is 4.42. The summed E-state index contributed by atoms with van der Waals surface area (Å²) < 4.78 is 31.9. The van der Waals surface area contributed by atoms with E-state index in [9.17, 15) is 23.2 Å². The third kappa shape index (κ3) is 4.93. The molecule has 2 aromatic rings. The highest BCUT2D eigenvalue weighted by atomic mass is 19.3. The van der Waals surface area contributed by atoms with Crippen molar-refractivity contribution in [2.24, 2.45) is 5.92 Å². The summed E-state index contributed by atoms with van der Waals surface area (Å²) in [5.74, 6) is -7.79. The van der Waals surface area contributed by atoms with Gasteiger partial charge in [0.1, 0.15) is 6.61 Å². The molecule has 0 fully saturated rings. The van der Waals surface area contributed by atoms with Gasteiger partial charge in [0, 0.05) is 11.8 Å². The minimum Gasteiger partial charge on any atom is -0.477 e. The molecule has 0 heterocycles. The number of allylic oxidation sites excluding steroid dienone is 1. The van der Waals surface area contributed by atoms with Crippen LogP contribution in [0.3, 0.4) is 0 Å². The van der Waals surface area contributed by atoms with E-state index in [-0.39, 0.29) is 18.9 Å². The van der Waals surface area contributed by atoms with Gasteiger partial charge < -0.3 is 20.5 Å². The van der Waals surface area contributed by atoms with Gasteiger partial charge in [0.05, 0.1) is 12.6 Å². The summed E-state index contributed by atoms with van der Waals surface area (Å²) in [5.41, 5.74) is 4.40. The van der Waals surface area contributed by atoms with Crippen LogP contribution in [-0.2, 0) is 14.3 Å². The number of aliphatic carboxylic acids is 1. The molecule has 0 aliphatic heterocycles. The minimum absolute atomic E-state index is 0.0884. The van der Waals surface area contributed by atoms with Crippen LogP contribution in [0.5, 0.6) is 0 Å². The Labute approximate surface area is 194 Å². The van der Waals surface area contributed by atoms with Crippen molar-refractivity contribution < 1.29 is 33.0 Å². The number of alkyl carbamates (subject to hydrolysis) is 1. The second kappa shape index (κ2) is 9.62. The normalized spacial score (nSPS) is 19.1. The second-order valence-corrected chi connectivity index (χ2v) is 8.40. The fraction of sp³-hybridized carbons (Fsp3) is 0.320. The molecule has 0 radical (unpaired) electrons. The molecule has 2 amide bonds. The molecular formula is C25H24F2N2O5. The number of carboxylic acid groups (broad SMARTS) is 1. The molecule has 7 nitrogen and oxygen atoms in total. The van der Waals surface area contributed by atoms with E-state index in [0.29, 0.717) is 6.42 Å². The van der Waals surface area contributed by atoms with Crippen molar-refractivity contribution in [1.82, 2.24) is 10.6 Å². The van der Waals surface area contributed by atoms with Crippen molar-refractivity contribution >= 4 is 18.0 Å². The molecule has 0 saturated heterocycles. The lowest BCUT2D eigenvalue weighted by atomic mass is 9.90. The minimum atomic E-state index is -4.04. The highest BCUT2D eigenvalue weighted by Crippen LogP contribution is 2.44. The molecule has 0 aromatic heterocycles. The zero-order valence-corrected chi connectivity index (χ0v) is 18.2. The molecule has 2 aromatic carbocycles. The zero-order valence-electron chi connectivity index (χ0n) is 18.2. The predicted molar refractivity (Wildman–Crippen MR) is 119 cm³/mol. The van der Waals surface area contributed by atoms with Gasteiger partial charge in [-0.2, -0.15) is 8.78 Å². The summed E-state index contributed by atoms with van der Waals surface area (Å²) in [5, 5.41) is 13.1. The van der Waals surface area contributed by atoms with Gasteiger partial charge in [0.2, 0.25) is 5.91 Å². The molecule has 2 unspecified atom stereocenters. The number of halogens is 2.